The number of aromatic amines is 1. The fourth-order valence-corrected chi connectivity index (χ4v) is 1.18. The van der Waals surface area contributed by atoms with Crippen molar-refractivity contribution in [2.75, 3.05) is 0 Å². The number of carbonyl (C=O) groups excluding carboxylic acids is 1. The maximum Gasteiger partial charge on any atom is 0.138 e. The molecule has 0 saturated heterocycles. The fourth-order valence-electron chi connectivity index (χ4n) is 1.18. The van der Waals surface area contributed by atoms with E-state index in [2.05, 4.69) is 34.5 Å². The van der Waals surface area contributed by atoms with E-state index in [0.717, 1.165) is 0 Å². The van der Waals surface area contributed by atoms with Crippen molar-refractivity contribution in [1.82, 2.24) is 15.0 Å². The summed E-state index contributed by atoms with van der Waals surface area (Å²) in [6, 6.07) is 2.16. The molecule has 2 heterocycles. The topological polar surface area (TPSA) is 109 Å². The van der Waals surface area contributed by atoms with Crippen LogP contribution in [0.4, 0.5) is 0 Å². The predicted octanol–water partition coefficient (Wildman–Crippen LogP) is -0.528. The fraction of sp³-hybridized carbons (Fsp3) is 0.250. The molecule has 96 valence electrons. The highest BCUT2D eigenvalue weighted by molar-refractivity contribution is 5.93. The molecule has 0 bridgehead atoms. The highest BCUT2D eigenvalue weighted by Crippen LogP contribution is 2.17. The molecule has 6 heteroatoms. The van der Waals surface area contributed by atoms with Gasteiger partial charge in [-0.3, -0.25) is 4.98 Å². The van der Waals surface area contributed by atoms with Gasteiger partial charge >= 0.3 is 0 Å². The third kappa shape index (κ3) is 3.99. The zero-order valence-electron chi connectivity index (χ0n) is 10.4. The quantitative estimate of drug-likeness (QED) is 0.744. The van der Waals surface area contributed by atoms with Crippen molar-refractivity contribution in [1.29, 1.82) is 0 Å². The van der Waals surface area contributed by atoms with Crippen LogP contribution in [-0.2, 0) is 0 Å². The number of rotatable bonds is 2. The van der Waals surface area contributed by atoms with Crippen LogP contribution in [0.2, 0.25) is 0 Å². The SMILES string of the molecule is CC(C)[NH3+].O=C([O-])c1cnccc1-c1ncc[nH]1. The molecule has 0 radical (unpaired) electrons. The van der Waals surface area contributed by atoms with Gasteiger partial charge in [0.25, 0.3) is 0 Å². The molecule has 2 aromatic heterocycles. The number of aromatic nitrogens is 3. The van der Waals surface area contributed by atoms with Crippen molar-refractivity contribution in [3.05, 3.63) is 36.4 Å². The van der Waals surface area contributed by atoms with Gasteiger partial charge < -0.3 is 20.6 Å². The van der Waals surface area contributed by atoms with Gasteiger partial charge in [-0.15, -0.1) is 0 Å². The van der Waals surface area contributed by atoms with Crippen LogP contribution < -0.4 is 10.8 Å². The van der Waals surface area contributed by atoms with E-state index in [-0.39, 0.29) is 5.56 Å². The summed E-state index contributed by atoms with van der Waals surface area (Å²) in [4.78, 5) is 21.2. The summed E-state index contributed by atoms with van der Waals surface area (Å²) in [5, 5.41) is 10.7. The number of carboxylic acids is 1. The number of carboxylic acid groups (broad SMARTS) is 1. The summed E-state index contributed by atoms with van der Waals surface area (Å²) in [6.45, 7) is 4.11. The third-order valence-corrected chi connectivity index (χ3v) is 1.79. The number of hydrogen-bond acceptors (Lipinski definition) is 4. The van der Waals surface area contributed by atoms with Gasteiger partial charge in [-0.2, -0.15) is 0 Å². The molecule has 0 fully saturated rings. The van der Waals surface area contributed by atoms with Crippen LogP contribution in [0.15, 0.2) is 30.9 Å². The second-order valence-electron chi connectivity index (χ2n) is 4.04. The van der Waals surface area contributed by atoms with E-state index in [1.54, 1.807) is 18.5 Å². The molecule has 0 atom stereocenters. The molecule has 2 aromatic rings. The summed E-state index contributed by atoms with van der Waals surface area (Å²) in [5.74, 6) is -0.767. The lowest BCUT2D eigenvalue weighted by atomic mass is 10.1. The molecule has 2 rings (SSSR count). The first kappa shape index (κ1) is 13.9. The van der Waals surface area contributed by atoms with E-state index < -0.39 is 5.97 Å². The number of quaternary nitrogens is 1. The summed E-state index contributed by atoms with van der Waals surface area (Å²) < 4.78 is 0. The molecule has 0 aliphatic rings. The van der Waals surface area contributed by atoms with Gasteiger partial charge in [0.05, 0.1) is 12.0 Å². The normalized spacial score (nSPS) is 9.78. The average Bonchev–Trinajstić information content (AvgIpc) is 2.81. The van der Waals surface area contributed by atoms with Crippen molar-refractivity contribution in [2.45, 2.75) is 19.9 Å². The van der Waals surface area contributed by atoms with E-state index in [1.807, 2.05) is 0 Å². The zero-order valence-corrected chi connectivity index (χ0v) is 10.4. The molecule has 0 unspecified atom stereocenters. The molecular formula is C12H16N4O2. The first-order chi connectivity index (χ1) is 8.52. The zero-order chi connectivity index (χ0) is 13.5. The van der Waals surface area contributed by atoms with Gasteiger partial charge in [-0.1, -0.05) is 0 Å². The summed E-state index contributed by atoms with van der Waals surface area (Å²) in [6.07, 6.45) is 5.92. The maximum absolute atomic E-state index is 10.7. The second kappa shape index (κ2) is 6.51. The van der Waals surface area contributed by atoms with E-state index >= 15 is 0 Å². The third-order valence-electron chi connectivity index (χ3n) is 1.79. The molecular weight excluding hydrogens is 232 g/mol. The molecule has 0 spiro atoms. The molecule has 4 N–H and O–H groups in total. The number of nitrogens with zero attached hydrogens (tertiary/aromatic N) is 2. The van der Waals surface area contributed by atoms with Crippen LogP contribution in [0.25, 0.3) is 11.4 Å². The van der Waals surface area contributed by atoms with Gasteiger partial charge in [0.15, 0.2) is 0 Å². The molecule has 18 heavy (non-hydrogen) atoms. The van der Waals surface area contributed by atoms with Gasteiger partial charge in [-0.25, -0.2) is 4.98 Å². The van der Waals surface area contributed by atoms with Crippen LogP contribution in [0, 0.1) is 0 Å². The first-order valence-corrected chi connectivity index (χ1v) is 5.50. The van der Waals surface area contributed by atoms with Crippen LogP contribution >= 0.6 is 0 Å². The predicted molar refractivity (Wildman–Crippen MR) is 64.2 cm³/mol. The summed E-state index contributed by atoms with van der Waals surface area (Å²) in [5.41, 5.74) is 4.15. The Labute approximate surface area is 105 Å². The minimum absolute atomic E-state index is 0.0300. The van der Waals surface area contributed by atoms with Crippen LogP contribution in [-0.4, -0.2) is 27.0 Å². The lowest BCUT2D eigenvalue weighted by Crippen LogP contribution is -2.57. The minimum Gasteiger partial charge on any atom is -0.545 e. The number of H-pyrrole nitrogens is 1. The van der Waals surface area contributed by atoms with Crippen molar-refractivity contribution in [3.63, 3.8) is 0 Å². The van der Waals surface area contributed by atoms with Crippen molar-refractivity contribution in [3.8, 4) is 11.4 Å². The minimum atomic E-state index is -1.26. The van der Waals surface area contributed by atoms with Crippen LogP contribution in [0.3, 0.4) is 0 Å². The van der Waals surface area contributed by atoms with Crippen LogP contribution in [0.5, 0.6) is 0 Å². The van der Waals surface area contributed by atoms with Crippen molar-refractivity contribution in [2.24, 2.45) is 0 Å². The monoisotopic (exact) mass is 248 g/mol. The Morgan fingerprint density at radius 1 is 1.44 bits per heavy atom. The van der Waals surface area contributed by atoms with Gasteiger partial charge in [0.2, 0.25) is 0 Å². The maximum atomic E-state index is 10.7. The Balaban J connectivity index is 0.000000357. The number of carbonyl (C=O) groups is 1. The average molecular weight is 248 g/mol. The lowest BCUT2D eigenvalue weighted by Gasteiger charge is -2.06. The molecule has 0 saturated carbocycles. The molecule has 0 amide bonds. The molecule has 0 aromatic carbocycles. The van der Waals surface area contributed by atoms with Gasteiger partial charge in [0.1, 0.15) is 5.82 Å². The number of hydrogen-bond donors (Lipinski definition) is 2. The summed E-state index contributed by atoms with van der Waals surface area (Å²) in [7, 11) is 0. The largest absolute Gasteiger partial charge is 0.545 e. The Hall–Kier alpha value is -2.21. The number of nitrogens with one attached hydrogen (secondary N) is 1. The Morgan fingerprint density at radius 2 is 2.11 bits per heavy atom. The van der Waals surface area contributed by atoms with E-state index in [9.17, 15) is 9.90 Å². The van der Waals surface area contributed by atoms with E-state index in [1.165, 1.54) is 12.4 Å². The highest BCUT2D eigenvalue weighted by atomic mass is 16.4. The van der Waals surface area contributed by atoms with E-state index in [4.69, 9.17) is 0 Å². The van der Waals surface area contributed by atoms with Crippen molar-refractivity contribution >= 4 is 5.97 Å². The highest BCUT2D eigenvalue weighted by Gasteiger charge is 2.06. The Morgan fingerprint density at radius 3 is 2.61 bits per heavy atom. The Kier molecular flexibility index (Phi) is 5.01. The van der Waals surface area contributed by atoms with E-state index in [0.29, 0.717) is 17.4 Å². The number of pyridine rings is 1. The standard InChI is InChI=1S/C9H7N3O2.C3H9N/c13-9(14)7-5-10-2-1-6(7)8-11-3-4-12-8;1-3(2)4/h1-5H,(H,11,12)(H,13,14);3H,4H2,1-2H3. The first-order valence-electron chi connectivity index (χ1n) is 5.50. The number of aromatic carboxylic acids is 1. The number of imidazole rings is 1. The lowest BCUT2D eigenvalue weighted by molar-refractivity contribution is -0.407. The van der Waals surface area contributed by atoms with Crippen LogP contribution in [0.1, 0.15) is 24.2 Å². The van der Waals surface area contributed by atoms with Gasteiger partial charge in [-0.05, 0) is 19.9 Å². The molecule has 0 aliphatic heterocycles. The summed E-state index contributed by atoms with van der Waals surface area (Å²) >= 11 is 0. The second-order valence-corrected chi connectivity index (χ2v) is 4.04. The van der Waals surface area contributed by atoms with Gasteiger partial charge in [0, 0.05) is 35.9 Å². The smallest absolute Gasteiger partial charge is 0.138 e. The molecule has 6 nitrogen and oxygen atoms in total. The molecule has 0 aliphatic carbocycles. The van der Waals surface area contributed by atoms with Crippen molar-refractivity contribution < 1.29 is 15.6 Å². The Bertz CT molecular complexity index is 492.